The van der Waals surface area contributed by atoms with Gasteiger partial charge in [-0.15, -0.1) is 0 Å². The van der Waals surface area contributed by atoms with Gasteiger partial charge < -0.3 is 10.5 Å². The Labute approximate surface area is 91.5 Å². The van der Waals surface area contributed by atoms with Crippen LogP contribution in [-0.2, 0) is 14.6 Å². The molecule has 6 heteroatoms. The first kappa shape index (κ1) is 12.9. The molecule has 0 aliphatic carbocycles. The minimum absolute atomic E-state index is 0.177. The maximum absolute atomic E-state index is 11.5. The van der Waals surface area contributed by atoms with Crippen molar-refractivity contribution in [1.29, 1.82) is 0 Å². The number of methoxy groups -OCH3 is 1. The lowest BCUT2D eigenvalue weighted by atomic mass is 9.97. The summed E-state index contributed by atoms with van der Waals surface area (Å²) in [4.78, 5) is 2.01. The van der Waals surface area contributed by atoms with Gasteiger partial charge in [-0.1, -0.05) is 0 Å². The number of likely N-dealkylation sites (N-methyl/N-ethyl adjacent to an activating group) is 1. The van der Waals surface area contributed by atoms with E-state index in [1.54, 1.807) is 7.11 Å². The first-order valence-corrected chi connectivity index (χ1v) is 6.88. The number of nitrogens with zero attached hydrogens (tertiary/aromatic N) is 1. The van der Waals surface area contributed by atoms with Crippen LogP contribution in [-0.4, -0.2) is 64.2 Å². The third-order valence-corrected chi connectivity index (χ3v) is 4.99. The van der Waals surface area contributed by atoms with Crippen molar-refractivity contribution < 1.29 is 13.2 Å². The molecule has 5 nitrogen and oxygen atoms in total. The summed E-state index contributed by atoms with van der Waals surface area (Å²) in [5, 5.41) is 0. The van der Waals surface area contributed by atoms with Crippen molar-refractivity contribution in [2.75, 3.05) is 45.4 Å². The average Bonchev–Trinajstić information content (AvgIpc) is 2.52. The lowest BCUT2D eigenvalue weighted by Crippen LogP contribution is -2.54. The van der Waals surface area contributed by atoms with Crippen LogP contribution in [0.2, 0.25) is 0 Å². The normalized spacial score (nSPS) is 29.9. The quantitative estimate of drug-likeness (QED) is 0.668. The molecule has 1 aliphatic rings. The van der Waals surface area contributed by atoms with Crippen molar-refractivity contribution in [2.45, 2.75) is 12.0 Å². The van der Waals surface area contributed by atoms with Gasteiger partial charge in [0.1, 0.15) is 0 Å². The Kier molecular flexibility index (Phi) is 4.11. The van der Waals surface area contributed by atoms with Crippen LogP contribution in [0.5, 0.6) is 0 Å². The van der Waals surface area contributed by atoms with Crippen molar-refractivity contribution in [3.05, 3.63) is 0 Å². The predicted octanol–water partition coefficient (Wildman–Crippen LogP) is -0.919. The van der Waals surface area contributed by atoms with E-state index in [4.69, 9.17) is 10.5 Å². The predicted molar refractivity (Wildman–Crippen MR) is 59.6 cm³/mol. The fraction of sp³-hybridized carbons (Fsp3) is 1.00. The third-order valence-electron chi connectivity index (χ3n) is 3.19. The number of hydrogen-bond donors (Lipinski definition) is 1. The minimum Gasteiger partial charge on any atom is -0.383 e. The molecule has 1 saturated heterocycles. The largest absolute Gasteiger partial charge is 0.383 e. The smallest absolute Gasteiger partial charge is 0.152 e. The van der Waals surface area contributed by atoms with Crippen LogP contribution in [0.1, 0.15) is 6.42 Å². The molecule has 0 aromatic rings. The van der Waals surface area contributed by atoms with Gasteiger partial charge in [0.15, 0.2) is 9.84 Å². The summed E-state index contributed by atoms with van der Waals surface area (Å²) >= 11 is 0. The molecular formula is C9H20N2O3S. The van der Waals surface area contributed by atoms with Gasteiger partial charge in [-0.25, -0.2) is 8.42 Å². The second kappa shape index (κ2) is 4.78. The molecule has 0 amide bonds. The van der Waals surface area contributed by atoms with E-state index >= 15 is 0 Å². The minimum atomic E-state index is -2.90. The zero-order valence-electron chi connectivity index (χ0n) is 9.40. The molecule has 90 valence electrons. The van der Waals surface area contributed by atoms with Crippen LogP contribution in [0.25, 0.3) is 0 Å². The van der Waals surface area contributed by atoms with E-state index in [0.29, 0.717) is 26.1 Å². The van der Waals surface area contributed by atoms with Gasteiger partial charge in [-0.3, -0.25) is 4.90 Å². The molecule has 0 aromatic carbocycles. The van der Waals surface area contributed by atoms with Crippen LogP contribution < -0.4 is 5.73 Å². The number of hydrogen-bond acceptors (Lipinski definition) is 5. The van der Waals surface area contributed by atoms with Gasteiger partial charge in [0.25, 0.3) is 0 Å². The number of nitrogens with two attached hydrogens (primary N) is 1. The zero-order valence-corrected chi connectivity index (χ0v) is 10.2. The summed E-state index contributed by atoms with van der Waals surface area (Å²) < 4.78 is 27.9. The standard InChI is InChI=1S/C9H20N2O3S/c1-11(4-5-14-2)9(7-10)3-6-15(12,13)8-9/h3-8,10H2,1-2H3. The molecule has 15 heavy (non-hydrogen) atoms. The van der Waals surface area contributed by atoms with Crippen LogP contribution in [0.3, 0.4) is 0 Å². The highest BCUT2D eigenvalue weighted by atomic mass is 32.2. The van der Waals surface area contributed by atoms with Crippen molar-refractivity contribution in [1.82, 2.24) is 4.90 Å². The molecule has 1 aliphatic heterocycles. The Morgan fingerprint density at radius 2 is 2.20 bits per heavy atom. The summed E-state index contributed by atoms with van der Waals surface area (Å²) in [6.45, 7) is 1.69. The second-order valence-electron chi connectivity index (χ2n) is 4.18. The summed E-state index contributed by atoms with van der Waals surface area (Å²) in [7, 11) is 0.644. The van der Waals surface area contributed by atoms with Gasteiger partial charge in [0, 0.05) is 25.7 Å². The van der Waals surface area contributed by atoms with E-state index in [2.05, 4.69) is 0 Å². The third kappa shape index (κ3) is 2.90. The first-order valence-electron chi connectivity index (χ1n) is 5.06. The van der Waals surface area contributed by atoms with Crippen LogP contribution in [0.4, 0.5) is 0 Å². The SMILES string of the molecule is COCCN(C)C1(CN)CCS(=O)(=O)C1. The molecule has 0 spiro atoms. The van der Waals surface area contributed by atoms with E-state index in [0.717, 1.165) is 0 Å². The van der Waals surface area contributed by atoms with Crippen molar-refractivity contribution in [2.24, 2.45) is 5.73 Å². The topological polar surface area (TPSA) is 72.6 Å². The van der Waals surface area contributed by atoms with E-state index in [1.165, 1.54) is 0 Å². The van der Waals surface area contributed by atoms with Crippen LogP contribution >= 0.6 is 0 Å². The Bertz CT molecular complexity index is 304. The molecule has 1 unspecified atom stereocenters. The average molecular weight is 236 g/mol. The van der Waals surface area contributed by atoms with Crippen molar-refractivity contribution >= 4 is 9.84 Å². The lowest BCUT2D eigenvalue weighted by Gasteiger charge is -2.36. The Morgan fingerprint density at radius 3 is 2.60 bits per heavy atom. The number of sulfone groups is 1. The van der Waals surface area contributed by atoms with Gasteiger partial charge in [-0.05, 0) is 13.5 Å². The van der Waals surface area contributed by atoms with Gasteiger partial charge in [0.05, 0.1) is 18.1 Å². The van der Waals surface area contributed by atoms with Gasteiger partial charge >= 0.3 is 0 Å². The van der Waals surface area contributed by atoms with E-state index in [-0.39, 0.29) is 17.0 Å². The molecule has 0 radical (unpaired) electrons. The lowest BCUT2D eigenvalue weighted by molar-refractivity contribution is 0.0982. The molecule has 1 heterocycles. The Balaban J connectivity index is 2.70. The monoisotopic (exact) mass is 236 g/mol. The maximum Gasteiger partial charge on any atom is 0.152 e. The van der Waals surface area contributed by atoms with Crippen molar-refractivity contribution in [3.8, 4) is 0 Å². The molecule has 0 bridgehead atoms. The highest BCUT2D eigenvalue weighted by molar-refractivity contribution is 7.91. The summed E-state index contributed by atoms with van der Waals surface area (Å²) in [6.07, 6.45) is 0.631. The Hall–Kier alpha value is -0.170. The van der Waals surface area contributed by atoms with Gasteiger partial charge in [-0.2, -0.15) is 0 Å². The van der Waals surface area contributed by atoms with E-state index in [1.807, 2.05) is 11.9 Å². The van der Waals surface area contributed by atoms with E-state index in [9.17, 15) is 8.42 Å². The highest BCUT2D eigenvalue weighted by Crippen LogP contribution is 2.27. The molecule has 1 atom stereocenters. The highest BCUT2D eigenvalue weighted by Gasteiger charge is 2.43. The molecule has 0 aromatic heterocycles. The number of rotatable bonds is 5. The first-order chi connectivity index (χ1) is 6.96. The fourth-order valence-corrected chi connectivity index (χ4v) is 4.12. The molecule has 1 fully saturated rings. The van der Waals surface area contributed by atoms with Crippen LogP contribution in [0, 0.1) is 0 Å². The zero-order chi connectivity index (χ0) is 11.5. The summed E-state index contributed by atoms with van der Waals surface area (Å²) in [5.41, 5.74) is 5.34. The maximum atomic E-state index is 11.5. The Morgan fingerprint density at radius 1 is 1.53 bits per heavy atom. The summed E-state index contributed by atoms with van der Waals surface area (Å²) in [5.74, 6) is 0.429. The second-order valence-corrected chi connectivity index (χ2v) is 6.37. The van der Waals surface area contributed by atoms with Crippen molar-refractivity contribution in [3.63, 3.8) is 0 Å². The fourth-order valence-electron chi connectivity index (χ4n) is 1.98. The molecule has 2 N–H and O–H groups in total. The van der Waals surface area contributed by atoms with E-state index < -0.39 is 9.84 Å². The molecule has 0 saturated carbocycles. The molecular weight excluding hydrogens is 216 g/mol. The van der Waals surface area contributed by atoms with Gasteiger partial charge in [0.2, 0.25) is 0 Å². The van der Waals surface area contributed by atoms with Crippen LogP contribution in [0.15, 0.2) is 0 Å². The molecule has 1 rings (SSSR count). The summed E-state index contributed by atoms with van der Waals surface area (Å²) in [6, 6.07) is 0. The number of ether oxygens (including phenoxy) is 1.